The van der Waals surface area contributed by atoms with Gasteiger partial charge in [-0.15, -0.1) is 0 Å². The minimum atomic E-state index is -0.0186. The first-order valence-electron chi connectivity index (χ1n) is 5.82. The van der Waals surface area contributed by atoms with Gasteiger partial charge in [0.2, 0.25) is 0 Å². The van der Waals surface area contributed by atoms with Gasteiger partial charge < -0.3 is 19.3 Å². The zero-order valence-corrected chi connectivity index (χ0v) is 10.2. The third-order valence-corrected chi connectivity index (χ3v) is 3.11. The van der Waals surface area contributed by atoms with Crippen LogP contribution in [0.3, 0.4) is 0 Å². The van der Waals surface area contributed by atoms with Crippen LogP contribution in [0.4, 0.5) is 4.79 Å². The number of likely N-dealkylation sites (N-methyl/N-ethyl adjacent to an activating group) is 1. The summed E-state index contributed by atoms with van der Waals surface area (Å²) in [5.74, 6) is 1.68. The van der Waals surface area contributed by atoms with Crippen molar-refractivity contribution in [1.82, 2.24) is 9.80 Å². The predicted octanol–water partition coefficient (Wildman–Crippen LogP) is 1.38. The fourth-order valence-electron chi connectivity index (χ4n) is 2.13. The molecule has 1 N–H and O–H groups in total. The van der Waals surface area contributed by atoms with E-state index in [9.17, 15) is 4.79 Å². The Labute approximate surface area is 101 Å². The Bertz CT molecular complexity index is 402. The summed E-state index contributed by atoms with van der Waals surface area (Å²) in [6.07, 6.45) is 0.615. The lowest BCUT2D eigenvalue weighted by Crippen LogP contribution is -2.30. The molecular weight excluding hydrogens is 220 g/mol. The number of hydrogen-bond acceptors (Lipinski definition) is 3. The Hall–Kier alpha value is -1.49. The van der Waals surface area contributed by atoms with Crippen LogP contribution in [0.15, 0.2) is 16.5 Å². The average molecular weight is 238 g/mol. The van der Waals surface area contributed by atoms with Gasteiger partial charge in [-0.2, -0.15) is 0 Å². The lowest BCUT2D eigenvalue weighted by atomic mass is 10.2. The fraction of sp³-hybridized carbons (Fsp3) is 0.583. The van der Waals surface area contributed by atoms with Crippen LogP contribution in [0.2, 0.25) is 0 Å². The third-order valence-electron chi connectivity index (χ3n) is 3.11. The molecule has 5 heteroatoms. The van der Waals surface area contributed by atoms with Crippen molar-refractivity contribution in [2.75, 3.05) is 26.7 Å². The van der Waals surface area contributed by atoms with Crippen LogP contribution in [-0.4, -0.2) is 47.7 Å². The number of urea groups is 1. The van der Waals surface area contributed by atoms with Gasteiger partial charge in [0.25, 0.3) is 0 Å². The first kappa shape index (κ1) is 12.0. The summed E-state index contributed by atoms with van der Waals surface area (Å²) >= 11 is 0. The van der Waals surface area contributed by atoms with Gasteiger partial charge in [-0.3, -0.25) is 0 Å². The lowest BCUT2D eigenvalue weighted by molar-refractivity contribution is 0.189. The molecule has 94 valence electrons. The first-order valence-corrected chi connectivity index (χ1v) is 5.82. The highest BCUT2D eigenvalue weighted by Gasteiger charge is 2.36. The van der Waals surface area contributed by atoms with E-state index >= 15 is 0 Å². The molecule has 2 amide bonds. The second-order valence-electron chi connectivity index (χ2n) is 4.38. The van der Waals surface area contributed by atoms with Gasteiger partial charge in [0.15, 0.2) is 0 Å². The highest BCUT2D eigenvalue weighted by Crippen LogP contribution is 2.29. The zero-order valence-electron chi connectivity index (χ0n) is 10.2. The summed E-state index contributed by atoms with van der Waals surface area (Å²) < 4.78 is 5.57. The van der Waals surface area contributed by atoms with Crippen molar-refractivity contribution in [3.63, 3.8) is 0 Å². The molecule has 0 aromatic carbocycles. The summed E-state index contributed by atoms with van der Waals surface area (Å²) in [5.41, 5.74) is 0. The Morgan fingerprint density at radius 3 is 2.88 bits per heavy atom. The van der Waals surface area contributed by atoms with E-state index in [0.29, 0.717) is 19.5 Å². The van der Waals surface area contributed by atoms with Crippen molar-refractivity contribution < 1.29 is 14.3 Å². The molecule has 1 unspecified atom stereocenters. The second-order valence-corrected chi connectivity index (χ2v) is 4.38. The SMILES string of the molecule is Cc1ccc(C2CN(CCCO)C(=O)N2C)o1. The molecule has 1 saturated heterocycles. The topological polar surface area (TPSA) is 56.9 Å². The number of amides is 2. The summed E-state index contributed by atoms with van der Waals surface area (Å²) in [5, 5.41) is 8.79. The van der Waals surface area contributed by atoms with Gasteiger partial charge >= 0.3 is 6.03 Å². The van der Waals surface area contributed by atoms with Crippen molar-refractivity contribution in [3.8, 4) is 0 Å². The van der Waals surface area contributed by atoms with Gasteiger partial charge in [-0.1, -0.05) is 0 Å². The van der Waals surface area contributed by atoms with E-state index in [-0.39, 0.29) is 18.7 Å². The van der Waals surface area contributed by atoms with Gasteiger partial charge in [-0.25, -0.2) is 4.79 Å². The number of carbonyl (C=O) groups excluding carboxylic acids is 1. The maximum Gasteiger partial charge on any atom is 0.320 e. The zero-order chi connectivity index (χ0) is 12.4. The molecule has 0 spiro atoms. The summed E-state index contributed by atoms with van der Waals surface area (Å²) in [7, 11) is 1.78. The highest BCUT2D eigenvalue weighted by molar-refractivity contribution is 5.77. The molecule has 2 rings (SSSR count). The van der Waals surface area contributed by atoms with Crippen LogP contribution >= 0.6 is 0 Å². The van der Waals surface area contributed by atoms with Crippen LogP contribution in [-0.2, 0) is 0 Å². The molecule has 17 heavy (non-hydrogen) atoms. The number of nitrogens with zero attached hydrogens (tertiary/aromatic N) is 2. The first-order chi connectivity index (χ1) is 8.13. The summed E-state index contributed by atoms with van der Waals surface area (Å²) in [6, 6.07) is 3.80. The van der Waals surface area contributed by atoms with Gasteiger partial charge in [-0.05, 0) is 25.5 Å². The largest absolute Gasteiger partial charge is 0.464 e. The number of rotatable bonds is 4. The number of aliphatic hydroxyl groups excluding tert-OH is 1. The molecule has 1 aliphatic heterocycles. The van der Waals surface area contributed by atoms with Crippen LogP contribution < -0.4 is 0 Å². The molecule has 2 heterocycles. The molecule has 1 aromatic heterocycles. The predicted molar refractivity (Wildman–Crippen MR) is 62.6 cm³/mol. The van der Waals surface area contributed by atoms with Crippen LogP contribution in [0.5, 0.6) is 0 Å². The van der Waals surface area contributed by atoms with Gasteiger partial charge in [0.05, 0.1) is 6.54 Å². The normalized spacial score (nSPS) is 20.4. The van der Waals surface area contributed by atoms with E-state index in [1.54, 1.807) is 16.8 Å². The van der Waals surface area contributed by atoms with Gasteiger partial charge in [0, 0.05) is 20.2 Å². The standard InChI is InChI=1S/C12H18N2O3/c1-9-4-5-11(17-9)10-8-14(6-3-7-15)12(16)13(10)2/h4-5,10,15H,3,6-8H2,1-2H3. The molecule has 0 bridgehead atoms. The van der Waals surface area contributed by atoms with Crippen molar-refractivity contribution in [3.05, 3.63) is 23.7 Å². The Balaban J connectivity index is 2.08. The van der Waals surface area contributed by atoms with Crippen molar-refractivity contribution >= 4 is 6.03 Å². The second kappa shape index (κ2) is 4.79. The van der Waals surface area contributed by atoms with Crippen molar-refractivity contribution in [2.45, 2.75) is 19.4 Å². The number of hydrogen-bond donors (Lipinski definition) is 1. The fourth-order valence-corrected chi connectivity index (χ4v) is 2.13. The van der Waals surface area contributed by atoms with E-state index in [1.165, 1.54) is 0 Å². The Morgan fingerprint density at radius 1 is 1.53 bits per heavy atom. The van der Waals surface area contributed by atoms with Crippen LogP contribution in [0, 0.1) is 6.92 Å². The number of carbonyl (C=O) groups is 1. The van der Waals surface area contributed by atoms with E-state index in [0.717, 1.165) is 11.5 Å². The molecule has 1 aromatic rings. The highest BCUT2D eigenvalue weighted by atomic mass is 16.3. The molecule has 1 fully saturated rings. The maximum absolute atomic E-state index is 11.9. The monoisotopic (exact) mass is 238 g/mol. The Morgan fingerprint density at radius 2 is 2.29 bits per heavy atom. The molecule has 0 radical (unpaired) electrons. The van der Waals surface area contributed by atoms with E-state index in [4.69, 9.17) is 9.52 Å². The van der Waals surface area contributed by atoms with E-state index < -0.39 is 0 Å². The Kier molecular flexibility index (Phi) is 3.38. The van der Waals surface area contributed by atoms with Crippen LogP contribution in [0.25, 0.3) is 0 Å². The minimum Gasteiger partial charge on any atom is -0.464 e. The average Bonchev–Trinajstić information content (AvgIpc) is 2.84. The third kappa shape index (κ3) is 2.29. The molecule has 5 nitrogen and oxygen atoms in total. The molecule has 0 aliphatic carbocycles. The quantitative estimate of drug-likeness (QED) is 0.862. The molecular formula is C12H18N2O3. The van der Waals surface area contributed by atoms with Crippen molar-refractivity contribution in [2.24, 2.45) is 0 Å². The number of furan rings is 1. The number of aryl methyl sites for hydroxylation is 1. The summed E-state index contributed by atoms with van der Waals surface area (Å²) in [6.45, 7) is 3.22. The van der Waals surface area contributed by atoms with Crippen molar-refractivity contribution in [1.29, 1.82) is 0 Å². The van der Waals surface area contributed by atoms with E-state index in [1.807, 2.05) is 19.1 Å². The van der Waals surface area contributed by atoms with Crippen LogP contribution in [0.1, 0.15) is 24.0 Å². The molecule has 1 aliphatic rings. The summed E-state index contributed by atoms with van der Waals surface area (Å²) in [4.78, 5) is 15.4. The molecule has 1 atom stereocenters. The van der Waals surface area contributed by atoms with Gasteiger partial charge in [0.1, 0.15) is 17.6 Å². The van der Waals surface area contributed by atoms with E-state index in [2.05, 4.69) is 0 Å². The minimum absolute atomic E-state index is 0.00231. The number of aliphatic hydroxyl groups is 1. The maximum atomic E-state index is 11.9. The smallest absolute Gasteiger partial charge is 0.320 e. The lowest BCUT2D eigenvalue weighted by Gasteiger charge is -2.15. The molecule has 0 saturated carbocycles.